The molecule has 2 unspecified atom stereocenters. The van der Waals surface area contributed by atoms with Gasteiger partial charge in [0.2, 0.25) is 0 Å². The molecule has 1 saturated carbocycles. The summed E-state index contributed by atoms with van der Waals surface area (Å²) in [5.74, 6) is 0.257. The third-order valence-corrected chi connectivity index (χ3v) is 3.04. The van der Waals surface area contributed by atoms with Gasteiger partial charge >= 0.3 is 0 Å². The minimum atomic E-state index is -0.296. The number of nitrogens with one attached hydrogen (secondary N) is 1. The Labute approximate surface area is 94.7 Å². The van der Waals surface area contributed by atoms with Crippen molar-refractivity contribution in [3.63, 3.8) is 0 Å². The van der Waals surface area contributed by atoms with Gasteiger partial charge in [0.25, 0.3) is 0 Å². The molecule has 2 rings (SSSR count). The quantitative estimate of drug-likeness (QED) is 0.814. The maximum atomic E-state index is 12.8. The number of nitrogens with zero attached hydrogens (tertiary/aromatic N) is 1. The molecule has 0 aromatic carbocycles. The van der Waals surface area contributed by atoms with Crippen molar-refractivity contribution >= 4 is 0 Å². The van der Waals surface area contributed by atoms with Gasteiger partial charge in [0.1, 0.15) is 5.82 Å². The molecule has 3 nitrogen and oxygen atoms in total. The fourth-order valence-corrected chi connectivity index (χ4v) is 2.21. The van der Waals surface area contributed by atoms with Gasteiger partial charge in [-0.3, -0.25) is 4.98 Å². The van der Waals surface area contributed by atoms with Crippen molar-refractivity contribution in [1.82, 2.24) is 10.3 Å². The molecule has 1 aliphatic carbocycles. The summed E-state index contributed by atoms with van der Waals surface area (Å²) in [5.41, 5.74) is 0.860. The molecule has 0 aliphatic heterocycles. The van der Waals surface area contributed by atoms with Crippen molar-refractivity contribution in [2.75, 3.05) is 6.54 Å². The molecule has 4 heteroatoms. The number of hydrogen-bond acceptors (Lipinski definition) is 3. The first-order valence-electron chi connectivity index (χ1n) is 5.72. The Bertz CT molecular complexity index is 346. The fraction of sp³-hybridized carbons (Fsp3) is 0.583. The van der Waals surface area contributed by atoms with Gasteiger partial charge < -0.3 is 10.4 Å². The molecular formula is C12H17FN2O. The number of aliphatic hydroxyl groups excluding tert-OH is 1. The summed E-state index contributed by atoms with van der Waals surface area (Å²) in [6, 6.07) is 1.49. The van der Waals surface area contributed by atoms with Crippen molar-refractivity contribution in [2.45, 2.75) is 31.9 Å². The van der Waals surface area contributed by atoms with Crippen LogP contribution in [0.2, 0.25) is 0 Å². The number of rotatable bonds is 4. The van der Waals surface area contributed by atoms with E-state index in [1.807, 2.05) is 0 Å². The highest BCUT2D eigenvalue weighted by molar-refractivity contribution is 5.09. The van der Waals surface area contributed by atoms with Crippen LogP contribution < -0.4 is 5.32 Å². The smallest absolute Gasteiger partial charge is 0.141 e. The summed E-state index contributed by atoms with van der Waals surface area (Å²) >= 11 is 0. The zero-order valence-corrected chi connectivity index (χ0v) is 9.19. The van der Waals surface area contributed by atoms with Gasteiger partial charge in [-0.1, -0.05) is 0 Å². The molecule has 2 atom stereocenters. The number of aliphatic hydroxyl groups is 1. The Morgan fingerprint density at radius 3 is 3.00 bits per heavy atom. The Balaban J connectivity index is 1.72. The van der Waals surface area contributed by atoms with E-state index in [-0.39, 0.29) is 11.9 Å². The van der Waals surface area contributed by atoms with Gasteiger partial charge in [-0.15, -0.1) is 0 Å². The summed E-state index contributed by atoms with van der Waals surface area (Å²) in [5, 5.41) is 12.6. The third kappa shape index (κ3) is 3.25. The minimum Gasteiger partial charge on any atom is -0.393 e. The van der Waals surface area contributed by atoms with Gasteiger partial charge in [0.15, 0.2) is 0 Å². The lowest BCUT2D eigenvalue weighted by atomic mass is 10.1. The highest BCUT2D eigenvalue weighted by Gasteiger charge is 2.21. The average Bonchev–Trinajstić information content (AvgIpc) is 2.64. The standard InChI is InChI=1S/C12H17FN2O/c13-11-3-10(7-15-8-11)6-14-5-9-1-2-12(16)4-9/h3,7-9,12,14,16H,1-2,4-6H2. The van der Waals surface area contributed by atoms with Gasteiger partial charge in [-0.05, 0) is 43.4 Å². The van der Waals surface area contributed by atoms with E-state index >= 15 is 0 Å². The number of halogens is 1. The van der Waals surface area contributed by atoms with E-state index in [4.69, 9.17) is 0 Å². The normalized spacial score (nSPS) is 24.9. The van der Waals surface area contributed by atoms with Crippen LogP contribution in [-0.4, -0.2) is 22.7 Å². The molecular weight excluding hydrogens is 207 g/mol. The highest BCUT2D eigenvalue weighted by atomic mass is 19.1. The van der Waals surface area contributed by atoms with Crippen LogP contribution >= 0.6 is 0 Å². The third-order valence-electron chi connectivity index (χ3n) is 3.04. The van der Waals surface area contributed by atoms with Crippen LogP contribution in [0.25, 0.3) is 0 Å². The van der Waals surface area contributed by atoms with Crippen molar-refractivity contribution in [1.29, 1.82) is 0 Å². The second kappa shape index (κ2) is 5.37. The SMILES string of the molecule is OC1CCC(CNCc2cncc(F)c2)C1. The maximum absolute atomic E-state index is 12.8. The lowest BCUT2D eigenvalue weighted by molar-refractivity contribution is 0.177. The van der Waals surface area contributed by atoms with E-state index in [2.05, 4.69) is 10.3 Å². The van der Waals surface area contributed by atoms with Crippen molar-refractivity contribution in [2.24, 2.45) is 5.92 Å². The molecule has 0 spiro atoms. The van der Waals surface area contributed by atoms with Gasteiger partial charge in [-0.25, -0.2) is 4.39 Å². The van der Waals surface area contributed by atoms with Crippen molar-refractivity contribution < 1.29 is 9.50 Å². The van der Waals surface area contributed by atoms with Gasteiger partial charge in [0.05, 0.1) is 12.3 Å². The summed E-state index contributed by atoms with van der Waals surface area (Å²) in [6.45, 7) is 1.52. The molecule has 1 fully saturated rings. The highest BCUT2D eigenvalue weighted by Crippen LogP contribution is 2.24. The molecule has 0 saturated heterocycles. The van der Waals surface area contributed by atoms with Gasteiger partial charge in [-0.2, -0.15) is 0 Å². The topological polar surface area (TPSA) is 45.1 Å². The van der Waals surface area contributed by atoms with Crippen LogP contribution in [0.1, 0.15) is 24.8 Å². The van der Waals surface area contributed by atoms with Crippen molar-refractivity contribution in [3.8, 4) is 0 Å². The summed E-state index contributed by atoms with van der Waals surface area (Å²) in [4.78, 5) is 3.79. The molecule has 2 N–H and O–H groups in total. The Morgan fingerprint density at radius 1 is 1.44 bits per heavy atom. The first-order valence-corrected chi connectivity index (χ1v) is 5.72. The van der Waals surface area contributed by atoms with Crippen LogP contribution in [-0.2, 0) is 6.54 Å². The fourth-order valence-electron chi connectivity index (χ4n) is 2.21. The summed E-state index contributed by atoms with van der Waals surface area (Å²) in [6.07, 6.45) is 5.62. The molecule has 1 heterocycles. The second-order valence-corrected chi connectivity index (χ2v) is 4.48. The Hall–Kier alpha value is -1.00. The Morgan fingerprint density at radius 2 is 2.31 bits per heavy atom. The average molecular weight is 224 g/mol. The number of pyridine rings is 1. The maximum Gasteiger partial charge on any atom is 0.141 e. The van der Waals surface area contributed by atoms with Crippen LogP contribution in [0.4, 0.5) is 4.39 Å². The molecule has 16 heavy (non-hydrogen) atoms. The van der Waals surface area contributed by atoms with E-state index in [0.29, 0.717) is 12.5 Å². The minimum absolute atomic E-state index is 0.123. The number of aromatic nitrogens is 1. The first kappa shape index (κ1) is 11.5. The van der Waals surface area contributed by atoms with Crippen LogP contribution in [0.3, 0.4) is 0 Å². The lowest BCUT2D eigenvalue weighted by Crippen LogP contribution is -2.21. The van der Waals surface area contributed by atoms with E-state index in [1.54, 1.807) is 6.20 Å². The van der Waals surface area contributed by atoms with Crippen LogP contribution in [0, 0.1) is 11.7 Å². The molecule has 0 amide bonds. The molecule has 1 aromatic heterocycles. The van der Waals surface area contributed by atoms with Crippen LogP contribution in [0.15, 0.2) is 18.5 Å². The zero-order valence-electron chi connectivity index (χ0n) is 9.19. The predicted octanol–water partition coefficient (Wildman–Crippen LogP) is 1.47. The largest absolute Gasteiger partial charge is 0.393 e. The van der Waals surface area contributed by atoms with Crippen LogP contribution in [0.5, 0.6) is 0 Å². The second-order valence-electron chi connectivity index (χ2n) is 4.48. The molecule has 0 bridgehead atoms. The zero-order chi connectivity index (χ0) is 11.4. The number of hydrogen-bond donors (Lipinski definition) is 2. The molecule has 1 aliphatic rings. The predicted molar refractivity (Wildman–Crippen MR) is 59.2 cm³/mol. The Kier molecular flexibility index (Phi) is 3.85. The molecule has 1 aromatic rings. The summed E-state index contributed by atoms with van der Waals surface area (Å²) < 4.78 is 12.8. The summed E-state index contributed by atoms with van der Waals surface area (Å²) in [7, 11) is 0. The van der Waals surface area contributed by atoms with Crippen molar-refractivity contribution in [3.05, 3.63) is 29.8 Å². The molecule has 88 valence electrons. The first-order chi connectivity index (χ1) is 7.74. The molecule has 0 radical (unpaired) electrons. The monoisotopic (exact) mass is 224 g/mol. The lowest BCUT2D eigenvalue weighted by Gasteiger charge is -2.10. The van der Waals surface area contributed by atoms with E-state index < -0.39 is 0 Å². The van der Waals surface area contributed by atoms with E-state index in [1.165, 1.54) is 12.3 Å². The van der Waals surface area contributed by atoms with E-state index in [0.717, 1.165) is 31.4 Å². The van der Waals surface area contributed by atoms with Gasteiger partial charge in [0, 0.05) is 12.7 Å². The van der Waals surface area contributed by atoms with E-state index in [9.17, 15) is 9.50 Å².